The largest absolute Gasteiger partial charge is 0.356 e. The molecule has 2 amide bonds. The summed E-state index contributed by atoms with van der Waals surface area (Å²) in [5, 5.41) is 5.57. The highest BCUT2D eigenvalue weighted by Gasteiger charge is 2.48. The second-order valence-electron chi connectivity index (χ2n) is 6.20. The molecule has 3 atom stereocenters. The van der Waals surface area contributed by atoms with Crippen LogP contribution in [0.1, 0.15) is 26.7 Å². The van der Waals surface area contributed by atoms with E-state index in [1.807, 2.05) is 13.8 Å². The fraction of sp³-hybridized carbons (Fsp3) is 0.846. The second kappa shape index (κ2) is 5.71. The molecule has 3 unspecified atom stereocenters. The van der Waals surface area contributed by atoms with Crippen molar-refractivity contribution >= 4 is 21.7 Å². The second-order valence-corrected chi connectivity index (χ2v) is 8.42. The van der Waals surface area contributed by atoms with E-state index >= 15 is 0 Å². The molecule has 7 heteroatoms. The smallest absolute Gasteiger partial charge is 0.224 e. The Morgan fingerprint density at radius 1 is 1.20 bits per heavy atom. The molecule has 0 spiro atoms. The normalized spacial score (nSPS) is 31.1. The maximum absolute atomic E-state index is 11.9. The molecule has 1 saturated heterocycles. The first kappa shape index (κ1) is 15.3. The quantitative estimate of drug-likeness (QED) is 0.729. The van der Waals surface area contributed by atoms with Crippen LogP contribution in [0.4, 0.5) is 0 Å². The van der Waals surface area contributed by atoms with Gasteiger partial charge in [0, 0.05) is 12.6 Å². The van der Waals surface area contributed by atoms with Gasteiger partial charge in [-0.1, -0.05) is 13.8 Å². The van der Waals surface area contributed by atoms with Crippen molar-refractivity contribution < 1.29 is 18.0 Å². The average molecular weight is 302 g/mol. The first-order chi connectivity index (χ1) is 9.28. The van der Waals surface area contributed by atoms with Crippen LogP contribution >= 0.6 is 0 Å². The van der Waals surface area contributed by atoms with E-state index in [0.29, 0.717) is 25.3 Å². The molecule has 2 N–H and O–H groups in total. The molecule has 2 rings (SSSR count). The summed E-state index contributed by atoms with van der Waals surface area (Å²) < 4.78 is 22.6. The fourth-order valence-electron chi connectivity index (χ4n) is 2.43. The summed E-state index contributed by atoms with van der Waals surface area (Å²) in [6, 6.07) is -0.285. The summed E-state index contributed by atoms with van der Waals surface area (Å²) in [6.07, 6.45) is 1.04. The molecule has 1 aliphatic heterocycles. The van der Waals surface area contributed by atoms with Crippen LogP contribution in [0.3, 0.4) is 0 Å². The summed E-state index contributed by atoms with van der Waals surface area (Å²) in [4.78, 5) is 23.7. The van der Waals surface area contributed by atoms with Crippen molar-refractivity contribution in [2.24, 2.45) is 17.8 Å². The molecular formula is C13H22N2O4S. The number of hydrogen-bond acceptors (Lipinski definition) is 4. The maximum Gasteiger partial charge on any atom is 0.224 e. The van der Waals surface area contributed by atoms with Gasteiger partial charge in [-0.25, -0.2) is 8.42 Å². The van der Waals surface area contributed by atoms with Gasteiger partial charge in [-0.05, 0) is 18.8 Å². The zero-order valence-corrected chi connectivity index (χ0v) is 12.7. The van der Waals surface area contributed by atoms with E-state index in [-0.39, 0.29) is 41.2 Å². The summed E-state index contributed by atoms with van der Waals surface area (Å²) in [5.74, 6) is -0.239. The predicted octanol–water partition coefficient (Wildman–Crippen LogP) is -0.302. The van der Waals surface area contributed by atoms with E-state index in [1.165, 1.54) is 0 Å². The molecule has 0 aromatic carbocycles. The van der Waals surface area contributed by atoms with Crippen molar-refractivity contribution in [3.63, 3.8) is 0 Å². The summed E-state index contributed by atoms with van der Waals surface area (Å²) in [5.41, 5.74) is 0. The van der Waals surface area contributed by atoms with Crippen molar-refractivity contribution in [1.82, 2.24) is 10.6 Å². The summed E-state index contributed by atoms with van der Waals surface area (Å²) in [6.45, 7) is 4.64. The van der Waals surface area contributed by atoms with Gasteiger partial charge in [0.1, 0.15) is 0 Å². The van der Waals surface area contributed by atoms with Crippen LogP contribution in [0.5, 0.6) is 0 Å². The standard InChI is InChI=1S/C13H22N2O4S/c1-8(2)6-14-12(16)10-5-11(10)13(17)15-9-3-4-20(18,19)7-9/h8-11H,3-7H2,1-2H3,(H,14,16)(H,15,17). The lowest BCUT2D eigenvalue weighted by molar-refractivity contribution is -0.127. The minimum absolute atomic E-state index is 0.0235. The molecule has 0 aromatic rings. The highest BCUT2D eigenvalue weighted by molar-refractivity contribution is 7.91. The van der Waals surface area contributed by atoms with Gasteiger partial charge in [-0.2, -0.15) is 0 Å². The Morgan fingerprint density at radius 3 is 2.40 bits per heavy atom. The lowest BCUT2D eigenvalue weighted by Gasteiger charge is -2.11. The van der Waals surface area contributed by atoms with Gasteiger partial charge in [-0.15, -0.1) is 0 Å². The van der Waals surface area contributed by atoms with Crippen LogP contribution in [-0.4, -0.2) is 44.3 Å². The van der Waals surface area contributed by atoms with Gasteiger partial charge >= 0.3 is 0 Å². The first-order valence-electron chi connectivity index (χ1n) is 7.07. The zero-order valence-electron chi connectivity index (χ0n) is 11.9. The van der Waals surface area contributed by atoms with Crippen molar-refractivity contribution in [3.8, 4) is 0 Å². The number of rotatable bonds is 5. The minimum atomic E-state index is -2.99. The lowest BCUT2D eigenvalue weighted by Crippen LogP contribution is -2.38. The van der Waals surface area contributed by atoms with Crippen LogP contribution in [0.25, 0.3) is 0 Å². The third-order valence-electron chi connectivity index (χ3n) is 3.73. The molecule has 2 fully saturated rings. The zero-order chi connectivity index (χ0) is 14.9. The molecule has 0 bridgehead atoms. The Balaban J connectivity index is 1.75. The van der Waals surface area contributed by atoms with E-state index in [4.69, 9.17) is 0 Å². The van der Waals surface area contributed by atoms with Crippen LogP contribution in [0.15, 0.2) is 0 Å². The number of carbonyl (C=O) groups is 2. The molecule has 1 aliphatic carbocycles. The summed E-state index contributed by atoms with van der Waals surface area (Å²) >= 11 is 0. The number of carbonyl (C=O) groups excluding carboxylic acids is 2. The van der Waals surface area contributed by atoms with Gasteiger partial charge in [0.05, 0.1) is 23.3 Å². The predicted molar refractivity (Wildman–Crippen MR) is 74.6 cm³/mol. The Hall–Kier alpha value is -1.11. The molecular weight excluding hydrogens is 280 g/mol. The van der Waals surface area contributed by atoms with E-state index in [0.717, 1.165) is 0 Å². The first-order valence-corrected chi connectivity index (χ1v) is 8.89. The Morgan fingerprint density at radius 2 is 1.85 bits per heavy atom. The molecule has 0 radical (unpaired) electrons. The van der Waals surface area contributed by atoms with Gasteiger partial charge < -0.3 is 10.6 Å². The SMILES string of the molecule is CC(C)CNC(=O)C1CC1C(=O)NC1CCS(=O)(=O)C1. The maximum atomic E-state index is 11.9. The van der Waals surface area contributed by atoms with Gasteiger partial charge in [0.2, 0.25) is 11.8 Å². The molecule has 6 nitrogen and oxygen atoms in total. The molecule has 1 saturated carbocycles. The average Bonchev–Trinajstić information content (AvgIpc) is 3.07. The molecule has 2 aliphatic rings. The Bertz CT molecular complexity index is 501. The topological polar surface area (TPSA) is 92.3 Å². The van der Waals surface area contributed by atoms with Gasteiger partial charge in [-0.3, -0.25) is 9.59 Å². The van der Waals surface area contributed by atoms with Crippen molar-refractivity contribution in [2.45, 2.75) is 32.7 Å². The van der Waals surface area contributed by atoms with Crippen LogP contribution in [0, 0.1) is 17.8 Å². The number of sulfone groups is 1. The molecule has 20 heavy (non-hydrogen) atoms. The van der Waals surface area contributed by atoms with Crippen molar-refractivity contribution in [3.05, 3.63) is 0 Å². The molecule has 1 heterocycles. The van der Waals surface area contributed by atoms with Crippen LogP contribution < -0.4 is 10.6 Å². The van der Waals surface area contributed by atoms with E-state index < -0.39 is 9.84 Å². The van der Waals surface area contributed by atoms with Crippen molar-refractivity contribution in [2.75, 3.05) is 18.1 Å². The highest BCUT2D eigenvalue weighted by Crippen LogP contribution is 2.39. The van der Waals surface area contributed by atoms with Crippen LogP contribution in [0.2, 0.25) is 0 Å². The van der Waals surface area contributed by atoms with Gasteiger partial charge in [0.15, 0.2) is 9.84 Å². The number of nitrogens with one attached hydrogen (secondary N) is 2. The molecule has 0 aromatic heterocycles. The van der Waals surface area contributed by atoms with Gasteiger partial charge in [0.25, 0.3) is 0 Å². The fourth-order valence-corrected chi connectivity index (χ4v) is 4.10. The third-order valence-corrected chi connectivity index (χ3v) is 5.50. The summed E-state index contributed by atoms with van der Waals surface area (Å²) in [7, 11) is -2.99. The third kappa shape index (κ3) is 3.94. The van der Waals surface area contributed by atoms with E-state index in [1.54, 1.807) is 0 Å². The van der Waals surface area contributed by atoms with E-state index in [2.05, 4.69) is 10.6 Å². The number of hydrogen-bond donors (Lipinski definition) is 2. The van der Waals surface area contributed by atoms with Crippen molar-refractivity contribution in [1.29, 1.82) is 0 Å². The lowest BCUT2D eigenvalue weighted by atomic mass is 10.2. The minimum Gasteiger partial charge on any atom is -0.356 e. The number of amides is 2. The Labute approximate surface area is 119 Å². The van der Waals surface area contributed by atoms with E-state index in [9.17, 15) is 18.0 Å². The van der Waals surface area contributed by atoms with Crippen LogP contribution in [-0.2, 0) is 19.4 Å². The molecule has 114 valence electrons. The Kier molecular flexibility index (Phi) is 4.36. The highest BCUT2D eigenvalue weighted by atomic mass is 32.2. The monoisotopic (exact) mass is 302 g/mol.